The minimum Gasteiger partial charge on any atom is -0.342 e. The van der Waals surface area contributed by atoms with Gasteiger partial charge in [0.25, 0.3) is 0 Å². The first-order valence-electron chi connectivity index (χ1n) is 4.08. The molecule has 1 atom stereocenters. The van der Waals surface area contributed by atoms with Crippen LogP contribution in [-0.2, 0) is 9.57 Å². The van der Waals surface area contributed by atoms with Crippen molar-refractivity contribution in [2.75, 3.05) is 24.6 Å². The summed E-state index contributed by atoms with van der Waals surface area (Å²) in [5.41, 5.74) is 2.02. The van der Waals surface area contributed by atoms with Gasteiger partial charge in [-0.1, -0.05) is 12.1 Å². The Bertz CT molecular complexity index is 303. The maximum Gasteiger partial charge on any atom is 0.231 e. The quantitative estimate of drug-likeness (QED) is 0.746. The molecule has 1 aliphatic rings. The third-order valence-corrected chi connectivity index (χ3v) is 2.05. The fourth-order valence-corrected chi connectivity index (χ4v) is 1.45. The summed E-state index contributed by atoms with van der Waals surface area (Å²) in [6, 6.07) is 7.90. The van der Waals surface area contributed by atoms with E-state index in [-0.39, 0.29) is 6.35 Å². The fourth-order valence-electron chi connectivity index (χ4n) is 1.45. The molecule has 4 nitrogen and oxygen atoms in total. The maximum absolute atomic E-state index is 5.19. The van der Waals surface area contributed by atoms with Crippen LogP contribution >= 0.6 is 0 Å². The SMILES string of the molecule is COC1Nc2ccccc2N1OC. The van der Waals surface area contributed by atoms with Crippen LogP contribution in [0.5, 0.6) is 0 Å². The molecule has 1 heterocycles. The minimum atomic E-state index is -0.234. The van der Waals surface area contributed by atoms with E-state index in [0.29, 0.717) is 0 Å². The Morgan fingerprint density at radius 1 is 1.31 bits per heavy atom. The minimum absolute atomic E-state index is 0.234. The number of methoxy groups -OCH3 is 1. The molecule has 1 N–H and O–H groups in total. The second kappa shape index (κ2) is 3.24. The van der Waals surface area contributed by atoms with Crippen LogP contribution in [0.25, 0.3) is 0 Å². The highest BCUT2D eigenvalue weighted by molar-refractivity contribution is 5.73. The first-order valence-corrected chi connectivity index (χ1v) is 4.08. The van der Waals surface area contributed by atoms with E-state index in [4.69, 9.17) is 9.57 Å². The Morgan fingerprint density at radius 2 is 2.08 bits per heavy atom. The molecule has 0 bridgehead atoms. The summed E-state index contributed by atoms with van der Waals surface area (Å²) in [5, 5.41) is 4.85. The van der Waals surface area contributed by atoms with Crippen LogP contribution in [0.3, 0.4) is 0 Å². The third kappa shape index (κ3) is 1.24. The number of ether oxygens (including phenoxy) is 1. The molecule has 70 valence electrons. The Balaban J connectivity index is 2.34. The number of hydrogen-bond donors (Lipinski definition) is 1. The van der Waals surface area contributed by atoms with Crippen LogP contribution < -0.4 is 10.4 Å². The van der Waals surface area contributed by atoms with Crippen molar-refractivity contribution in [1.82, 2.24) is 0 Å². The van der Waals surface area contributed by atoms with E-state index in [2.05, 4.69) is 5.32 Å². The van der Waals surface area contributed by atoms with Crippen molar-refractivity contribution in [3.63, 3.8) is 0 Å². The normalized spacial score (nSPS) is 19.8. The molecule has 0 fully saturated rings. The number of hydroxylamine groups is 1. The summed E-state index contributed by atoms with van der Waals surface area (Å²) in [6.45, 7) is 0. The number of benzene rings is 1. The van der Waals surface area contributed by atoms with Crippen LogP contribution in [0.2, 0.25) is 0 Å². The number of anilines is 2. The summed E-state index contributed by atoms with van der Waals surface area (Å²) in [5.74, 6) is 0. The molecule has 1 aliphatic heterocycles. The average molecular weight is 180 g/mol. The number of nitrogens with one attached hydrogen (secondary N) is 1. The molecule has 4 heteroatoms. The molecule has 0 spiro atoms. The first-order chi connectivity index (χ1) is 6.36. The lowest BCUT2D eigenvalue weighted by molar-refractivity contribution is 0.0265. The molecule has 0 amide bonds. The average Bonchev–Trinajstić information content (AvgIpc) is 2.55. The van der Waals surface area contributed by atoms with E-state index in [1.807, 2.05) is 24.3 Å². The number of nitrogens with zero attached hydrogens (tertiary/aromatic N) is 1. The molecular formula is C9H12N2O2. The van der Waals surface area contributed by atoms with Gasteiger partial charge in [-0.3, -0.25) is 4.84 Å². The standard InChI is InChI=1S/C9H12N2O2/c1-12-9-10-7-5-3-4-6-8(7)11(9)13-2/h3-6,9-10H,1-2H3. The molecule has 13 heavy (non-hydrogen) atoms. The largest absolute Gasteiger partial charge is 0.342 e. The monoisotopic (exact) mass is 180 g/mol. The van der Waals surface area contributed by atoms with Crippen LogP contribution in [0.15, 0.2) is 24.3 Å². The Kier molecular flexibility index (Phi) is 2.08. The molecule has 0 saturated heterocycles. The second-order valence-electron chi connectivity index (χ2n) is 2.76. The van der Waals surface area contributed by atoms with Crippen LogP contribution in [0, 0.1) is 0 Å². The van der Waals surface area contributed by atoms with Crippen molar-refractivity contribution < 1.29 is 9.57 Å². The van der Waals surface area contributed by atoms with E-state index in [0.717, 1.165) is 11.4 Å². The Morgan fingerprint density at radius 3 is 2.77 bits per heavy atom. The first kappa shape index (κ1) is 8.34. The smallest absolute Gasteiger partial charge is 0.231 e. The lowest BCUT2D eigenvalue weighted by atomic mass is 10.3. The molecule has 0 aliphatic carbocycles. The van der Waals surface area contributed by atoms with E-state index in [1.54, 1.807) is 19.3 Å². The topological polar surface area (TPSA) is 33.7 Å². The highest BCUT2D eigenvalue weighted by Crippen LogP contribution is 2.33. The number of hydrogen-bond acceptors (Lipinski definition) is 4. The van der Waals surface area contributed by atoms with Gasteiger partial charge in [-0.05, 0) is 12.1 Å². The lowest BCUT2D eigenvalue weighted by Crippen LogP contribution is -2.36. The van der Waals surface area contributed by atoms with Crippen molar-refractivity contribution >= 4 is 11.4 Å². The van der Waals surface area contributed by atoms with Crippen molar-refractivity contribution in [2.24, 2.45) is 0 Å². The Labute approximate surface area is 77.0 Å². The van der Waals surface area contributed by atoms with Gasteiger partial charge in [0.1, 0.15) is 0 Å². The maximum atomic E-state index is 5.19. The zero-order valence-corrected chi connectivity index (χ0v) is 7.65. The van der Waals surface area contributed by atoms with Crippen molar-refractivity contribution in [3.8, 4) is 0 Å². The molecule has 2 rings (SSSR count). The van der Waals surface area contributed by atoms with E-state index in [9.17, 15) is 0 Å². The molecule has 1 aromatic rings. The predicted octanol–water partition coefficient (Wildman–Crippen LogP) is 1.41. The van der Waals surface area contributed by atoms with Crippen LogP contribution in [0.1, 0.15) is 0 Å². The number of rotatable bonds is 2. The summed E-state index contributed by atoms with van der Waals surface area (Å²) >= 11 is 0. The number of fused-ring (bicyclic) bond motifs is 1. The fraction of sp³-hybridized carbons (Fsp3) is 0.333. The molecule has 0 saturated carbocycles. The van der Waals surface area contributed by atoms with Crippen molar-refractivity contribution in [3.05, 3.63) is 24.3 Å². The Hall–Kier alpha value is -1.26. The summed E-state index contributed by atoms with van der Waals surface area (Å²) in [4.78, 5) is 5.19. The van der Waals surface area contributed by atoms with Crippen molar-refractivity contribution in [2.45, 2.75) is 6.35 Å². The molecule has 1 unspecified atom stereocenters. The van der Waals surface area contributed by atoms with Gasteiger partial charge >= 0.3 is 0 Å². The van der Waals surface area contributed by atoms with Crippen LogP contribution in [0.4, 0.5) is 11.4 Å². The number of para-hydroxylation sites is 2. The predicted molar refractivity (Wildman–Crippen MR) is 50.3 cm³/mol. The van der Waals surface area contributed by atoms with E-state index >= 15 is 0 Å². The van der Waals surface area contributed by atoms with Gasteiger partial charge in [0.05, 0.1) is 18.5 Å². The molecule has 0 aromatic heterocycles. The second-order valence-corrected chi connectivity index (χ2v) is 2.76. The summed E-state index contributed by atoms with van der Waals surface area (Å²) < 4.78 is 5.19. The molecule has 0 radical (unpaired) electrons. The van der Waals surface area contributed by atoms with Gasteiger partial charge in [0, 0.05) is 7.11 Å². The van der Waals surface area contributed by atoms with Gasteiger partial charge in [-0.15, -0.1) is 0 Å². The summed E-state index contributed by atoms with van der Waals surface area (Å²) in [6.07, 6.45) is -0.234. The van der Waals surface area contributed by atoms with Crippen molar-refractivity contribution in [1.29, 1.82) is 0 Å². The third-order valence-electron chi connectivity index (χ3n) is 2.05. The van der Waals surface area contributed by atoms with E-state index < -0.39 is 0 Å². The zero-order valence-electron chi connectivity index (χ0n) is 7.65. The molecular weight excluding hydrogens is 168 g/mol. The van der Waals surface area contributed by atoms with E-state index in [1.165, 1.54) is 0 Å². The zero-order chi connectivity index (χ0) is 9.26. The van der Waals surface area contributed by atoms with Gasteiger partial charge < -0.3 is 10.1 Å². The lowest BCUT2D eigenvalue weighted by Gasteiger charge is -2.21. The molecule has 1 aromatic carbocycles. The highest BCUT2D eigenvalue weighted by Gasteiger charge is 2.28. The van der Waals surface area contributed by atoms with Gasteiger partial charge in [0.15, 0.2) is 0 Å². The highest BCUT2D eigenvalue weighted by atomic mass is 16.7. The van der Waals surface area contributed by atoms with Gasteiger partial charge in [0.2, 0.25) is 6.35 Å². The van der Waals surface area contributed by atoms with Gasteiger partial charge in [-0.2, -0.15) is 0 Å². The van der Waals surface area contributed by atoms with Gasteiger partial charge in [-0.25, -0.2) is 5.06 Å². The van der Waals surface area contributed by atoms with Crippen LogP contribution in [-0.4, -0.2) is 20.6 Å². The summed E-state index contributed by atoms with van der Waals surface area (Å²) in [7, 11) is 3.26.